The summed E-state index contributed by atoms with van der Waals surface area (Å²) >= 11 is 0. The van der Waals surface area contributed by atoms with Crippen molar-refractivity contribution in [2.75, 3.05) is 26.4 Å². The van der Waals surface area contributed by atoms with Crippen LogP contribution in [0.2, 0.25) is 0 Å². The predicted molar refractivity (Wildman–Crippen MR) is 284 cm³/mol. The topological polar surface area (TPSA) is 441 Å². The summed E-state index contributed by atoms with van der Waals surface area (Å²) in [5.41, 5.74) is -4.51. The van der Waals surface area contributed by atoms with Crippen molar-refractivity contribution in [2.24, 2.45) is 45.3 Å². The molecule has 0 aromatic heterocycles. The van der Waals surface area contributed by atoms with E-state index in [9.17, 15) is 86.2 Å². The minimum absolute atomic E-state index is 0.0501. The Morgan fingerprint density at radius 3 is 1.70 bits per heavy atom. The zero-order chi connectivity index (χ0) is 62.1. The maximum Gasteiger partial charge on any atom is 0.317 e. The minimum Gasteiger partial charge on any atom is -0.481 e. The van der Waals surface area contributed by atoms with Crippen molar-refractivity contribution in [1.29, 1.82) is 0 Å². The van der Waals surface area contributed by atoms with Crippen LogP contribution < -0.4 is 0 Å². The van der Waals surface area contributed by atoms with E-state index < -0.39 is 225 Å². The number of hydrogen-bond acceptors (Lipinski definition) is 26. The van der Waals surface area contributed by atoms with E-state index in [0.29, 0.717) is 38.5 Å². The molecule has 16 N–H and O–H groups in total. The molecular weight excluding hydrogens is 1120 g/mol. The number of aliphatic hydroxyl groups excluding tert-OH is 14. The molecule has 8 fully saturated rings. The summed E-state index contributed by atoms with van der Waals surface area (Å²) in [5, 5.41) is 173. The van der Waals surface area contributed by atoms with Gasteiger partial charge in [-0.15, -0.1) is 0 Å². The third-order valence-electron chi connectivity index (χ3n) is 21.2. The summed E-state index contributed by atoms with van der Waals surface area (Å²) in [7, 11) is 0. The van der Waals surface area contributed by atoms with E-state index in [1.165, 1.54) is 0 Å². The largest absolute Gasteiger partial charge is 0.481 e. The van der Waals surface area contributed by atoms with Crippen LogP contribution in [0.5, 0.6) is 0 Å². The maximum absolute atomic E-state index is 12.9. The number of aliphatic hydroxyl groups is 15. The highest BCUT2D eigenvalue weighted by Gasteiger charge is 2.72. The van der Waals surface area contributed by atoms with E-state index in [0.717, 1.165) is 6.42 Å². The molecule has 27 nitrogen and oxygen atoms in total. The van der Waals surface area contributed by atoms with Gasteiger partial charge in [0, 0.05) is 0 Å². The van der Waals surface area contributed by atoms with Crippen molar-refractivity contribution in [3.63, 3.8) is 0 Å². The molecule has 0 bridgehead atoms. The molecule has 4 saturated heterocycles. The Kier molecular flexibility index (Phi) is 20.6. The van der Waals surface area contributed by atoms with E-state index in [-0.39, 0.29) is 18.3 Å². The van der Waals surface area contributed by atoms with Gasteiger partial charge in [0.25, 0.3) is 0 Å². The molecular formula is C57H94O27. The lowest BCUT2D eigenvalue weighted by atomic mass is 9.35. The highest BCUT2D eigenvalue weighted by molar-refractivity contribution is 5.90. The molecule has 0 amide bonds. The van der Waals surface area contributed by atoms with Gasteiger partial charge in [0.2, 0.25) is 0 Å². The van der Waals surface area contributed by atoms with Crippen molar-refractivity contribution >= 4 is 11.9 Å². The van der Waals surface area contributed by atoms with E-state index in [1.54, 1.807) is 32.9 Å². The number of carboxylic acids is 1. The number of esters is 1. The van der Waals surface area contributed by atoms with Crippen LogP contribution in [0.3, 0.4) is 0 Å². The molecule has 30 atom stereocenters. The van der Waals surface area contributed by atoms with Gasteiger partial charge in [-0.25, -0.2) is 0 Å². The van der Waals surface area contributed by atoms with Gasteiger partial charge in [-0.05, 0) is 117 Å². The lowest BCUT2D eigenvalue weighted by Gasteiger charge is -2.71. The number of hydrogen-bond donors (Lipinski definition) is 16. The Morgan fingerprint density at radius 1 is 0.583 bits per heavy atom. The molecule has 27 heteroatoms. The van der Waals surface area contributed by atoms with Gasteiger partial charge in [-0.3, -0.25) is 9.59 Å². The van der Waals surface area contributed by atoms with E-state index >= 15 is 0 Å². The smallest absolute Gasteiger partial charge is 0.317 e. The van der Waals surface area contributed by atoms with Crippen LogP contribution in [0.1, 0.15) is 113 Å². The fourth-order valence-electron chi connectivity index (χ4n) is 16.4. The SMILES string of the molecule is CC(C)(O)C/C=C/[C@](C)(O[C@@H]1O[C@H](CO[C@@H]2O[C@H](CO)[C@@H](O)[C@H](O)[C@H]2O)[C@@H](O)[C@H](O)[C@H]1O)[C@H]1CC[C@]2(C)[C@@H]1[C@H](O)C[C@@H]1[C@@]3(C)CC[C@H](O[C@@H]4O[C@H](CO)[C@@H](O)[C@H](O)[C@H]4O[C@@H]4O[C@H](COC(=O)CC(=O)O)[C@@H](O)[C@H](O)[C@H]4O)C(C)(C)[C@@H]3CC[C@]12C. The Bertz CT molecular complexity index is 2270. The number of carbonyl (C=O) groups is 2. The average molecular weight is 1210 g/mol. The van der Waals surface area contributed by atoms with Crippen LogP contribution in [0.25, 0.3) is 0 Å². The summed E-state index contributed by atoms with van der Waals surface area (Å²) in [6.45, 7) is 13.2. The first kappa shape index (κ1) is 67.7. The van der Waals surface area contributed by atoms with Crippen molar-refractivity contribution in [1.82, 2.24) is 0 Å². The number of carbonyl (C=O) groups excluding carboxylic acids is 1. The Balaban J connectivity index is 1.01. The summed E-state index contributed by atoms with van der Waals surface area (Å²) in [6.07, 6.45) is -28.5. The first-order valence-corrected chi connectivity index (χ1v) is 29.5. The molecule has 8 aliphatic rings. The minimum atomic E-state index is -1.96. The molecule has 8 rings (SSSR count). The summed E-state index contributed by atoms with van der Waals surface area (Å²) in [4.78, 5) is 23.1. The normalized spacial score (nSPS) is 49.5. The number of ether oxygens (including phenoxy) is 9. The lowest BCUT2D eigenvalue weighted by Crippen LogP contribution is -2.68. The standard InChI is InChI=1S/C57H94O27/c1-52(2,75)13-9-14-57(8,84-50-46(74)42(70)39(67)29(81-50)23-77-48-44(72)40(68)36(64)26(20-58)78-48)24-10-16-56(7)35(24)25(60)18-31-54(5)15-12-32(53(3,4)30(54)11-17-55(31,56)6)82-51-47(43(71)37(65)27(21-59)79-51)83-49-45(73)41(69)38(66)28(80-49)22-76-34(63)19-33(61)62/h9,14,24-32,35-51,58-60,64-75H,10-13,15-23H2,1-8H3,(H,61,62)/b14-9+/t24-,25+,26+,27+,28+,29+,30-,31+,32-,35-,36+,37+,38+,39+,40-,41-,42-,43-,44+,45+,46+,47+,48+,49-,50-,51-,54-,55+,56+,57-/m0/s1. The highest BCUT2D eigenvalue weighted by atomic mass is 16.8. The Hall–Kier alpha value is -2.24. The van der Waals surface area contributed by atoms with Gasteiger partial charge in [0.05, 0.1) is 43.2 Å². The predicted octanol–water partition coefficient (Wildman–Crippen LogP) is -3.21. The summed E-state index contributed by atoms with van der Waals surface area (Å²) in [5.74, 6) is -3.62. The molecule has 0 spiro atoms. The quantitative estimate of drug-likeness (QED) is 0.0262. The van der Waals surface area contributed by atoms with Gasteiger partial charge in [0.1, 0.15) is 111 Å². The van der Waals surface area contributed by atoms with Gasteiger partial charge in [-0.1, -0.05) is 46.8 Å². The molecule has 0 radical (unpaired) electrons. The maximum atomic E-state index is 12.9. The number of carboxylic acid groups (broad SMARTS) is 1. The van der Waals surface area contributed by atoms with Crippen LogP contribution in [0, 0.1) is 45.3 Å². The number of aliphatic carboxylic acids is 1. The van der Waals surface area contributed by atoms with Gasteiger partial charge < -0.3 is 124 Å². The molecule has 4 heterocycles. The van der Waals surface area contributed by atoms with Crippen molar-refractivity contribution < 1.29 is 134 Å². The third kappa shape index (κ3) is 12.7. The lowest BCUT2D eigenvalue weighted by molar-refractivity contribution is -0.378. The van der Waals surface area contributed by atoms with Crippen molar-refractivity contribution in [3.05, 3.63) is 12.2 Å². The third-order valence-corrected chi connectivity index (χ3v) is 21.2. The highest BCUT2D eigenvalue weighted by Crippen LogP contribution is 2.76. The molecule has 4 saturated carbocycles. The fraction of sp³-hybridized carbons (Fsp3) is 0.930. The van der Waals surface area contributed by atoms with Crippen LogP contribution >= 0.6 is 0 Å². The van der Waals surface area contributed by atoms with Crippen molar-refractivity contribution in [3.8, 4) is 0 Å². The molecule has 484 valence electrons. The van der Waals surface area contributed by atoms with E-state index in [1.807, 2.05) is 0 Å². The second-order valence-electron chi connectivity index (χ2n) is 27.3. The van der Waals surface area contributed by atoms with Crippen LogP contribution in [-0.4, -0.2) is 266 Å². The van der Waals surface area contributed by atoms with Gasteiger partial charge in [-0.2, -0.15) is 0 Å². The zero-order valence-corrected chi connectivity index (χ0v) is 49.0. The summed E-state index contributed by atoms with van der Waals surface area (Å²) < 4.78 is 53.8. The summed E-state index contributed by atoms with van der Waals surface area (Å²) in [6, 6.07) is 0. The molecule has 4 aliphatic heterocycles. The molecule has 84 heavy (non-hydrogen) atoms. The first-order valence-electron chi connectivity index (χ1n) is 29.5. The first-order chi connectivity index (χ1) is 39.1. The second kappa shape index (κ2) is 25.6. The van der Waals surface area contributed by atoms with Crippen LogP contribution in [0.15, 0.2) is 12.2 Å². The van der Waals surface area contributed by atoms with Crippen molar-refractivity contribution in [2.45, 2.75) is 259 Å². The van der Waals surface area contributed by atoms with Gasteiger partial charge >= 0.3 is 11.9 Å². The monoisotopic (exact) mass is 1210 g/mol. The number of rotatable bonds is 19. The van der Waals surface area contributed by atoms with Crippen LogP contribution in [-0.2, 0) is 52.2 Å². The fourth-order valence-corrected chi connectivity index (χ4v) is 16.4. The van der Waals surface area contributed by atoms with Gasteiger partial charge in [0.15, 0.2) is 25.2 Å². The molecule has 4 aliphatic carbocycles. The Morgan fingerprint density at radius 2 is 1.11 bits per heavy atom. The second-order valence-corrected chi connectivity index (χ2v) is 27.3. The van der Waals surface area contributed by atoms with E-state index in [2.05, 4.69) is 34.6 Å². The average Bonchev–Trinajstić information content (AvgIpc) is 1.40. The Labute approximate surface area is 487 Å². The molecule has 0 aromatic rings. The zero-order valence-electron chi connectivity index (χ0n) is 49.0. The van der Waals surface area contributed by atoms with Crippen LogP contribution in [0.4, 0.5) is 0 Å². The van der Waals surface area contributed by atoms with E-state index in [4.69, 9.17) is 47.7 Å². The number of fused-ring (bicyclic) bond motifs is 5. The molecule has 0 aromatic carbocycles. The molecule has 0 unspecified atom stereocenters.